The molecule has 0 saturated carbocycles. The largest absolute Gasteiger partial charge is 0.366 e. The summed E-state index contributed by atoms with van der Waals surface area (Å²) >= 11 is 0. The average Bonchev–Trinajstić information content (AvgIpc) is 4.00. The van der Waals surface area contributed by atoms with Gasteiger partial charge in [0.2, 0.25) is 0 Å². The first-order valence-corrected chi connectivity index (χ1v) is 22.3. The molecule has 312 valence electrons. The van der Waals surface area contributed by atoms with Crippen molar-refractivity contribution in [1.29, 1.82) is 0 Å². The Balaban J connectivity index is 1.01. The highest BCUT2D eigenvalue weighted by Crippen LogP contribution is 2.41. The Hall–Kier alpha value is -7.76. The number of aryl methyl sites for hydroxylation is 5. The molecule has 0 aliphatic carbocycles. The van der Waals surface area contributed by atoms with Crippen LogP contribution < -0.4 is 5.32 Å². The Labute approximate surface area is 377 Å². The van der Waals surface area contributed by atoms with Gasteiger partial charge in [-0.05, 0) is 116 Å². The lowest BCUT2D eigenvalue weighted by Gasteiger charge is -2.21. The number of pyridine rings is 1. The van der Waals surface area contributed by atoms with Gasteiger partial charge in [0.25, 0.3) is 0 Å². The SMILES string of the molecule is CN1C=CNC1c1ccc(CCc2cc(CCc3ccc(-c4nccn4C)cc3)cc(-c3ccccc3-c3ccc(-c4ccccn4)cc3-c3ccc(-c4ccccc4)cc3)c2)cc1. The standard InChI is InChI=1S/C59H51N5/c1-63-36-34-61-58(63)49-23-19-42(20-24-49)15-17-44-38-45(18-16-43-21-25-50(26-22-43)59-62-35-37-64(59)2)40-52(39-44)53-12-6-7-13-54(53)55-32-31-51(57-14-8-9-33-60-57)41-56(55)48-29-27-47(28-30-48)46-10-4-3-5-11-46/h3-14,19-41,58,61H,15-18H2,1-2H3. The Kier molecular flexibility index (Phi) is 11.5. The molecule has 0 radical (unpaired) electrons. The van der Waals surface area contributed by atoms with E-state index in [-0.39, 0.29) is 6.17 Å². The summed E-state index contributed by atoms with van der Waals surface area (Å²) in [6, 6.07) is 66.8. The summed E-state index contributed by atoms with van der Waals surface area (Å²) in [5.74, 6) is 0.982. The number of imidazole rings is 1. The van der Waals surface area contributed by atoms with E-state index in [4.69, 9.17) is 4.98 Å². The summed E-state index contributed by atoms with van der Waals surface area (Å²) in [6.07, 6.45) is 13.8. The van der Waals surface area contributed by atoms with Crippen LogP contribution >= 0.6 is 0 Å². The van der Waals surface area contributed by atoms with E-state index in [1.165, 1.54) is 72.3 Å². The number of rotatable bonds is 13. The minimum Gasteiger partial charge on any atom is -0.366 e. The molecule has 9 aromatic rings. The van der Waals surface area contributed by atoms with E-state index in [1.54, 1.807) is 0 Å². The molecular formula is C59H51N5. The zero-order valence-electron chi connectivity index (χ0n) is 36.4. The molecule has 0 fully saturated rings. The first kappa shape index (κ1) is 40.3. The van der Waals surface area contributed by atoms with Crippen LogP contribution in [0.25, 0.3) is 67.2 Å². The summed E-state index contributed by atoms with van der Waals surface area (Å²) in [6.45, 7) is 0. The van der Waals surface area contributed by atoms with Gasteiger partial charge in [-0.2, -0.15) is 0 Å². The molecule has 1 unspecified atom stereocenters. The molecule has 1 aliphatic rings. The molecule has 10 rings (SSSR count). The minimum absolute atomic E-state index is 0.180. The van der Waals surface area contributed by atoms with Crippen LogP contribution in [0.3, 0.4) is 0 Å². The van der Waals surface area contributed by atoms with E-state index < -0.39 is 0 Å². The number of nitrogens with zero attached hydrogens (tertiary/aromatic N) is 4. The molecule has 0 spiro atoms. The summed E-state index contributed by atoms with van der Waals surface area (Å²) in [5.41, 5.74) is 19.4. The molecule has 5 nitrogen and oxygen atoms in total. The van der Waals surface area contributed by atoms with Gasteiger partial charge >= 0.3 is 0 Å². The van der Waals surface area contributed by atoms with Crippen molar-refractivity contribution < 1.29 is 0 Å². The Morgan fingerprint density at radius 3 is 1.69 bits per heavy atom. The van der Waals surface area contributed by atoms with Crippen molar-refractivity contribution in [2.75, 3.05) is 7.05 Å². The maximum Gasteiger partial charge on any atom is 0.139 e. The molecule has 7 aromatic carbocycles. The number of aromatic nitrogens is 3. The Bertz CT molecular complexity index is 3020. The number of nitrogens with one attached hydrogen (secondary N) is 1. The number of hydrogen-bond acceptors (Lipinski definition) is 4. The van der Waals surface area contributed by atoms with Crippen LogP contribution in [0.4, 0.5) is 0 Å². The topological polar surface area (TPSA) is 46.0 Å². The van der Waals surface area contributed by atoms with Gasteiger partial charge in [-0.15, -0.1) is 0 Å². The fraction of sp³-hybridized carbons (Fsp3) is 0.119. The predicted molar refractivity (Wildman–Crippen MR) is 264 cm³/mol. The van der Waals surface area contributed by atoms with Crippen molar-refractivity contribution in [1.82, 2.24) is 24.8 Å². The molecule has 0 bridgehead atoms. The third-order valence-corrected chi connectivity index (χ3v) is 12.6. The molecule has 1 aliphatic heterocycles. The van der Waals surface area contributed by atoms with Crippen molar-refractivity contribution in [3.63, 3.8) is 0 Å². The molecule has 64 heavy (non-hydrogen) atoms. The molecule has 1 atom stereocenters. The monoisotopic (exact) mass is 829 g/mol. The summed E-state index contributed by atoms with van der Waals surface area (Å²) in [7, 11) is 4.15. The van der Waals surface area contributed by atoms with Crippen LogP contribution in [0.1, 0.15) is 34.0 Å². The molecule has 0 amide bonds. The fourth-order valence-electron chi connectivity index (χ4n) is 9.06. The van der Waals surface area contributed by atoms with Gasteiger partial charge in [-0.25, -0.2) is 4.98 Å². The first-order chi connectivity index (χ1) is 31.5. The van der Waals surface area contributed by atoms with Crippen LogP contribution in [-0.2, 0) is 32.7 Å². The quantitative estimate of drug-likeness (QED) is 0.126. The van der Waals surface area contributed by atoms with E-state index in [2.05, 4.69) is 209 Å². The molecule has 3 heterocycles. The number of hydrogen-bond donors (Lipinski definition) is 1. The molecular weight excluding hydrogens is 779 g/mol. The lowest BCUT2D eigenvalue weighted by Crippen LogP contribution is -2.23. The normalized spacial score (nSPS) is 13.3. The molecule has 1 N–H and O–H groups in total. The lowest BCUT2D eigenvalue weighted by atomic mass is 9.86. The van der Waals surface area contributed by atoms with Crippen molar-refractivity contribution >= 4 is 0 Å². The average molecular weight is 830 g/mol. The minimum atomic E-state index is 0.180. The van der Waals surface area contributed by atoms with Crippen molar-refractivity contribution in [3.8, 4) is 67.2 Å². The summed E-state index contributed by atoms with van der Waals surface area (Å²) in [5, 5.41) is 3.45. The van der Waals surface area contributed by atoms with Crippen molar-refractivity contribution in [2.24, 2.45) is 7.05 Å². The van der Waals surface area contributed by atoms with E-state index in [1.807, 2.05) is 37.9 Å². The van der Waals surface area contributed by atoms with Gasteiger partial charge in [0, 0.05) is 56.2 Å². The van der Waals surface area contributed by atoms with E-state index in [0.29, 0.717) is 0 Å². The second-order valence-corrected chi connectivity index (χ2v) is 16.9. The molecule has 2 aromatic heterocycles. The lowest BCUT2D eigenvalue weighted by molar-refractivity contribution is 0.340. The van der Waals surface area contributed by atoms with Crippen LogP contribution in [0.5, 0.6) is 0 Å². The molecule has 0 saturated heterocycles. The van der Waals surface area contributed by atoms with E-state index in [0.717, 1.165) is 48.3 Å². The highest BCUT2D eigenvalue weighted by atomic mass is 15.3. The Morgan fingerprint density at radius 1 is 0.438 bits per heavy atom. The Morgan fingerprint density at radius 2 is 1.03 bits per heavy atom. The van der Waals surface area contributed by atoms with Crippen molar-refractivity contribution in [3.05, 3.63) is 241 Å². The zero-order chi connectivity index (χ0) is 43.2. The van der Waals surface area contributed by atoms with Gasteiger partial charge in [-0.3, -0.25) is 4.98 Å². The smallest absolute Gasteiger partial charge is 0.139 e. The highest BCUT2D eigenvalue weighted by molar-refractivity contribution is 5.93. The van der Waals surface area contributed by atoms with Gasteiger partial charge in [-0.1, -0.05) is 164 Å². The second kappa shape index (κ2) is 18.3. The zero-order valence-corrected chi connectivity index (χ0v) is 36.4. The fourth-order valence-corrected chi connectivity index (χ4v) is 9.06. The van der Waals surface area contributed by atoms with Crippen molar-refractivity contribution in [2.45, 2.75) is 31.8 Å². The maximum atomic E-state index is 4.74. The number of benzene rings is 7. The molecule has 5 heteroatoms. The predicted octanol–water partition coefficient (Wildman–Crippen LogP) is 13.4. The van der Waals surface area contributed by atoms with Gasteiger partial charge in [0.05, 0.1) is 5.69 Å². The summed E-state index contributed by atoms with van der Waals surface area (Å²) in [4.78, 5) is 11.5. The maximum absolute atomic E-state index is 4.74. The van der Waals surface area contributed by atoms with Crippen LogP contribution in [0, 0.1) is 0 Å². The van der Waals surface area contributed by atoms with Gasteiger partial charge < -0.3 is 14.8 Å². The first-order valence-electron chi connectivity index (χ1n) is 22.3. The van der Waals surface area contributed by atoms with E-state index in [9.17, 15) is 0 Å². The van der Waals surface area contributed by atoms with Gasteiger partial charge in [0.1, 0.15) is 12.0 Å². The van der Waals surface area contributed by atoms with E-state index >= 15 is 0 Å². The van der Waals surface area contributed by atoms with Crippen LogP contribution in [0.2, 0.25) is 0 Å². The second-order valence-electron chi connectivity index (χ2n) is 16.9. The summed E-state index contributed by atoms with van der Waals surface area (Å²) < 4.78 is 2.07. The third kappa shape index (κ3) is 8.79. The highest BCUT2D eigenvalue weighted by Gasteiger charge is 2.18. The van der Waals surface area contributed by atoms with Crippen LogP contribution in [-0.4, -0.2) is 26.5 Å². The van der Waals surface area contributed by atoms with Crippen LogP contribution in [0.15, 0.2) is 213 Å². The third-order valence-electron chi connectivity index (χ3n) is 12.6. The van der Waals surface area contributed by atoms with Gasteiger partial charge in [0.15, 0.2) is 0 Å².